The average Bonchev–Trinajstić information content (AvgIpc) is 2.49. The molecule has 2 N–H and O–H groups in total. The zero-order chi connectivity index (χ0) is 14.8. The Morgan fingerprint density at radius 2 is 1.90 bits per heavy atom. The number of aliphatic hydroxyl groups is 1. The Kier molecular flexibility index (Phi) is 3.75. The third-order valence-electron chi connectivity index (χ3n) is 3.90. The van der Waals surface area contributed by atoms with Crippen molar-refractivity contribution >= 4 is 17.2 Å². The second-order valence-corrected chi connectivity index (χ2v) is 5.39. The fourth-order valence-electron chi connectivity index (χ4n) is 2.65. The Balaban J connectivity index is 1.92. The lowest BCUT2D eigenvalue weighted by Crippen LogP contribution is -2.21. The van der Waals surface area contributed by atoms with E-state index in [2.05, 4.69) is 4.99 Å². The van der Waals surface area contributed by atoms with Crippen LogP contribution in [0.2, 0.25) is 0 Å². The number of nitrogens with zero attached hydrogens (tertiary/aromatic N) is 1. The topological polar surface area (TPSA) is 83.0 Å². The molecule has 1 saturated carbocycles. The van der Waals surface area contributed by atoms with E-state index in [1.807, 2.05) is 0 Å². The Morgan fingerprint density at radius 1 is 1.19 bits per heavy atom. The predicted octanol–water partition coefficient (Wildman–Crippen LogP) is 2.22. The quantitative estimate of drug-likeness (QED) is 0.655. The van der Waals surface area contributed by atoms with Crippen LogP contribution in [0.3, 0.4) is 0 Å². The van der Waals surface area contributed by atoms with Gasteiger partial charge in [0.2, 0.25) is 0 Å². The third-order valence-corrected chi connectivity index (χ3v) is 3.90. The van der Waals surface area contributed by atoms with Gasteiger partial charge in [0.15, 0.2) is 0 Å². The molecule has 0 radical (unpaired) electrons. The molecule has 5 heteroatoms. The van der Waals surface area contributed by atoms with Gasteiger partial charge in [0, 0.05) is 6.21 Å². The molecule has 1 heterocycles. The first-order valence-electron chi connectivity index (χ1n) is 7.11. The van der Waals surface area contributed by atoms with Crippen molar-refractivity contribution in [2.45, 2.75) is 37.8 Å². The van der Waals surface area contributed by atoms with Crippen LogP contribution in [0, 0.1) is 0 Å². The van der Waals surface area contributed by atoms with E-state index in [9.17, 15) is 15.0 Å². The average molecular weight is 287 g/mol. The molecular formula is C16H17NO4. The van der Waals surface area contributed by atoms with Crippen molar-refractivity contribution in [2.75, 3.05) is 0 Å². The molecule has 1 aromatic carbocycles. The van der Waals surface area contributed by atoms with Gasteiger partial charge in [-0.2, -0.15) is 0 Å². The number of hydrogen-bond donors (Lipinski definition) is 2. The summed E-state index contributed by atoms with van der Waals surface area (Å²) in [4.78, 5) is 16.3. The Labute approximate surface area is 121 Å². The number of para-hydroxylation sites is 1. The monoisotopic (exact) mass is 287 g/mol. The predicted molar refractivity (Wildman–Crippen MR) is 80.0 cm³/mol. The van der Waals surface area contributed by atoms with Gasteiger partial charge in [0.25, 0.3) is 0 Å². The normalized spacial score (nSPS) is 22.9. The van der Waals surface area contributed by atoms with Gasteiger partial charge in [-0.3, -0.25) is 4.99 Å². The van der Waals surface area contributed by atoms with Crippen LogP contribution in [0.15, 0.2) is 38.5 Å². The Hall–Kier alpha value is -2.14. The standard InChI is InChI=1S/C16H17NO4/c18-11-7-5-10(6-8-11)17-9-13-15(19)12-3-1-2-4-14(12)21-16(13)20/h1-4,9-11,18-19H,5-8H2. The van der Waals surface area contributed by atoms with Gasteiger partial charge < -0.3 is 14.6 Å². The molecule has 0 aliphatic heterocycles. The van der Waals surface area contributed by atoms with E-state index in [1.54, 1.807) is 24.3 Å². The molecule has 1 aromatic heterocycles. The summed E-state index contributed by atoms with van der Waals surface area (Å²) < 4.78 is 5.18. The minimum atomic E-state index is -0.592. The molecule has 0 amide bonds. The summed E-state index contributed by atoms with van der Waals surface area (Å²) in [6.45, 7) is 0. The highest BCUT2D eigenvalue weighted by atomic mass is 16.4. The molecule has 0 saturated heterocycles. The van der Waals surface area contributed by atoms with E-state index in [-0.39, 0.29) is 23.5 Å². The Morgan fingerprint density at radius 3 is 2.67 bits per heavy atom. The highest BCUT2D eigenvalue weighted by molar-refractivity contribution is 5.93. The largest absolute Gasteiger partial charge is 0.506 e. The third kappa shape index (κ3) is 2.83. The molecule has 110 valence electrons. The lowest BCUT2D eigenvalue weighted by molar-refractivity contribution is 0.123. The molecule has 21 heavy (non-hydrogen) atoms. The summed E-state index contributed by atoms with van der Waals surface area (Å²) in [5.41, 5.74) is -0.149. The van der Waals surface area contributed by atoms with Crippen molar-refractivity contribution < 1.29 is 14.6 Å². The lowest BCUT2D eigenvalue weighted by atomic mass is 9.93. The van der Waals surface area contributed by atoms with E-state index in [0.29, 0.717) is 11.0 Å². The van der Waals surface area contributed by atoms with Gasteiger partial charge in [0.1, 0.15) is 16.9 Å². The fourth-order valence-corrected chi connectivity index (χ4v) is 2.65. The maximum absolute atomic E-state index is 11.9. The number of aliphatic imine (C=N–C) groups is 1. The highest BCUT2D eigenvalue weighted by Gasteiger charge is 2.18. The second-order valence-electron chi connectivity index (χ2n) is 5.39. The van der Waals surface area contributed by atoms with Crippen molar-refractivity contribution in [3.05, 3.63) is 40.2 Å². The molecule has 0 spiro atoms. The number of benzene rings is 1. The van der Waals surface area contributed by atoms with Crippen LogP contribution in [-0.4, -0.2) is 28.6 Å². The lowest BCUT2D eigenvalue weighted by Gasteiger charge is -2.22. The number of aromatic hydroxyl groups is 1. The zero-order valence-electron chi connectivity index (χ0n) is 11.5. The molecule has 1 fully saturated rings. The van der Waals surface area contributed by atoms with E-state index >= 15 is 0 Å². The van der Waals surface area contributed by atoms with Crippen LogP contribution in [0.4, 0.5) is 0 Å². The first-order valence-corrected chi connectivity index (χ1v) is 7.11. The molecule has 2 aromatic rings. The summed E-state index contributed by atoms with van der Waals surface area (Å²) in [5, 5.41) is 20.2. The summed E-state index contributed by atoms with van der Waals surface area (Å²) in [6.07, 6.45) is 4.18. The van der Waals surface area contributed by atoms with E-state index in [0.717, 1.165) is 25.7 Å². The number of fused-ring (bicyclic) bond motifs is 1. The molecule has 0 atom stereocenters. The molecule has 0 unspecified atom stereocenters. The molecule has 0 bridgehead atoms. The minimum absolute atomic E-state index is 0.0821. The first kappa shape index (κ1) is 13.8. The van der Waals surface area contributed by atoms with Gasteiger partial charge >= 0.3 is 5.63 Å². The second kappa shape index (κ2) is 5.69. The summed E-state index contributed by atoms with van der Waals surface area (Å²) in [6, 6.07) is 6.93. The van der Waals surface area contributed by atoms with Gasteiger partial charge in [-0.05, 0) is 37.8 Å². The van der Waals surface area contributed by atoms with Gasteiger partial charge in [0.05, 0.1) is 17.5 Å². The smallest absolute Gasteiger partial charge is 0.348 e. The van der Waals surface area contributed by atoms with E-state index in [1.165, 1.54) is 6.21 Å². The molecule has 1 aliphatic rings. The SMILES string of the molecule is O=c1oc2ccccc2c(O)c1C=NC1CCC(O)CC1. The van der Waals surface area contributed by atoms with Crippen molar-refractivity contribution in [3.8, 4) is 5.75 Å². The van der Waals surface area contributed by atoms with Gasteiger partial charge in [-0.1, -0.05) is 12.1 Å². The van der Waals surface area contributed by atoms with Crippen molar-refractivity contribution in [1.29, 1.82) is 0 Å². The Bertz CT molecular complexity index is 727. The van der Waals surface area contributed by atoms with Crippen LogP contribution in [0.1, 0.15) is 31.2 Å². The van der Waals surface area contributed by atoms with Gasteiger partial charge in [-0.25, -0.2) is 4.79 Å². The first-order chi connectivity index (χ1) is 10.1. The van der Waals surface area contributed by atoms with Crippen molar-refractivity contribution in [3.63, 3.8) is 0 Å². The molecule has 3 rings (SSSR count). The van der Waals surface area contributed by atoms with Crippen LogP contribution < -0.4 is 5.63 Å². The van der Waals surface area contributed by atoms with Crippen molar-refractivity contribution in [2.24, 2.45) is 4.99 Å². The van der Waals surface area contributed by atoms with E-state index in [4.69, 9.17) is 4.42 Å². The maximum atomic E-state index is 11.9. The molecule has 5 nitrogen and oxygen atoms in total. The summed E-state index contributed by atoms with van der Waals surface area (Å²) in [5.74, 6) is -0.0959. The fraction of sp³-hybridized carbons (Fsp3) is 0.375. The van der Waals surface area contributed by atoms with Crippen LogP contribution in [0.25, 0.3) is 11.0 Å². The van der Waals surface area contributed by atoms with Crippen LogP contribution in [-0.2, 0) is 0 Å². The van der Waals surface area contributed by atoms with Crippen LogP contribution >= 0.6 is 0 Å². The number of rotatable bonds is 2. The summed E-state index contributed by atoms with van der Waals surface area (Å²) >= 11 is 0. The molecule has 1 aliphatic carbocycles. The van der Waals surface area contributed by atoms with E-state index < -0.39 is 5.63 Å². The van der Waals surface area contributed by atoms with Crippen molar-refractivity contribution in [1.82, 2.24) is 0 Å². The summed E-state index contributed by atoms with van der Waals surface area (Å²) in [7, 11) is 0. The minimum Gasteiger partial charge on any atom is -0.506 e. The maximum Gasteiger partial charge on any atom is 0.348 e. The molecular weight excluding hydrogens is 270 g/mol. The number of hydrogen-bond acceptors (Lipinski definition) is 5. The zero-order valence-corrected chi connectivity index (χ0v) is 11.5. The van der Waals surface area contributed by atoms with Crippen LogP contribution in [0.5, 0.6) is 5.75 Å². The van der Waals surface area contributed by atoms with Gasteiger partial charge in [-0.15, -0.1) is 0 Å². The number of aliphatic hydroxyl groups excluding tert-OH is 1. The highest BCUT2D eigenvalue weighted by Crippen LogP contribution is 2.26.